The Morgan fingerprint density at radius 1 is 0.322 bits per heavy atom. The number of thioether (sulfide) groups is 1. The Balaban J connectivity index is 0.000000157. The van der Waals surface area contributed by atoms with E-state index in [0.29, 0.717) is 91.5 Å². The molecule has 32 heteroatoms. The van der Waals surface area contributed by atoms with Crippen LogP contribution in [0, 0.1) is 71.1 Å². The molecule has 0 saturated heterocycles. The number of amides is 3. The van der Waals surface area contributed by atoms with Crippen LogP contribution in [0.2, 0.25) is 0 Å². The molecule has 0 bridgehead atoms. The molecule has 0 atom stereocenters. The van der Waals surface area contributed by atoms with Gasteiger partial charge < -0.3 is 38.7 Å². The van der Waals surface area contributed by atoms with Gasteiger partial charge >= 0.3 is 43.0 Å². The van der Waals surface area contributed by atoms with Crippen LogP contribution in [0.3, 0.4) is 0 Å². The second kappa shape index (κ2) is 50.2. The summed E-state index contributed by atoms with van der Waals surface area (Å²) in [5.74, 6) is 6.61. The summed E-state index contributed by atoms with van der Waals surface area (Å²) in [6, 6.07) is 52.2. The zero-order chi connectivity index (χ0) is 107. The molecule has 0 spiro atoms. The zero-order valence-electron chi connectivity index (χ0n) is 87.3. The van der Waals surface area contributed by atoms with Crippen molar-refractivity contribution in [3.63, 3.8) is 0 Å². The number of methoxy groups -OCH3 is 3. The summed E-state index contributed by atoms with van der Waals surface area (Å²) < 4.78 is 177. The minimum atomic E-state index is -4.47. The highest BCUT2D eigenvalue weighted by Gasteiger charge is 2.39. The number of aryl methyl sites for hydroxylation is 6. The predicted molar refractivity (Wildman–Crippen MR) is 574 cm³/mol. The highest BCUT2D eigenvalue weighted by atomic mass is 32.2. The van der Waals surface area contributed by atoms with Gasteiger partial charge in [0.25, 0.3) is 0 Å². The lowest BCUT2D eigenvalue weighted by molar-refractivity contribution is -0.138. The summed E-state index contributed by atoms with van der Waals surface area (Å²) in [5, 5.41) is 3.92. The third kappa shape index (κ3) is 30.8. The second-order valence-corrected chi connectivity index (χ2v) is 42.2. The van der Waals surface area contributed by atoms with Crippen molar-refractivity contribution in [2.24, 2.45) is 29.6 Å². The number of carbonyl (C=O) groups is 3. The van der Waals surface area contributed by atoms with Gasteiger partial charge in [-0.3, -0.25) is 14.7 Å². The van der Waals surface area contributed by atoms with Gasteiger partial charge in [-0.15, -0.1) is 11.8 Å². The Morgan fingerprint density at radius 3 is 0.940 bits per heavy atom. The van der Waals surface area contributed by atoms with Crippen LogP contribution in [0.1, 0.15) is 217 Å². The first-order valence-electron chi connectivity index (χ1n) is 51.6. The number of anilines is 4. The normalized spacial score (nSPS) is 14.5. The number of thiocarbonyl (C=S) groups is 1. The molecule has 5 saturated carbocycles. The van der Waals surface area contributed by atoms with E-state index in [1.807, 2.05) is 110 Å². The number of pyridine rings is 4. The lowest BCUT2D eigenvalue weighted by Gasteiger charge is -2.34. The Morgan fingerprint density at radius 2 is 0.617 bits per heavy atom. The number of hydrogen-bond acceptors (Lipinski definition) is 16. The summed E-state index contributed by atoms with van der Waals surface area (Å²) in [4.78, 5) is 74.4. The van der Waals surface area contributed by atoms with Crippen LogP contribution in [0.4, 0.5) is 90.3 Å². The number of nitrogens with zero attached hydrogens (tertiary/aromatic N) is 12. The van der Waals surface area contributed by atoms with Crippen LogP contribution in [0.5, 0.6) is 0 Å². The summed E-state index contributed by atoms with van der Waals surface area (Å²) in [6.07, 6.45) is 0.765. The third-order valence-electron chi connectivity index (χ3n) is 28.5. The lowest BCUT2D eigenvalue weighted by atomic mass is 9.85. The summed E-state index contributed by atoms with van der Waals surface area (Å²) >= 11 is 7.13. The van der Waals surface area contributed by atoms with Crippen molar-refractivity contribution in [1.82, 2.24) is 39.5 Å². The number of ether oxygens (including phenoxy) is 3. The quantitative estimate of drug-likeness (QED) is 0.0217. The third-order valence-corrected chi connectivity index (χ3v) is 29.9. The zero-order valence-corrected chi connectivity index (χ0v) is 88.9. The maximum absolute atomic E-state index is 13.5. The fourth-order valence-corrected chi connectivity index (χ4v) is 21.1. The van der Waals surface area contributed by atoms with Crippen LogP contribution in [0.15, 0.2) is 182 Å². The highest BCUT2D eigenvalue weighted by molar-refractivity contribution is 8.22. The molecular formula is C117H136F12N12O6S2. The molecule has 0 radical (unpaired) electrons. The van der Waals surface area contributed by atoms with Crippen molar-refractivity contribution < 1.29 is 81.3 Å². The van der Waals surface area contributed by atoms with Gasteiger partial charge in [-0.25, -0.2) is 34.3 Å². The first-order valence-corrected chi connectivity index (χ1v) is 53.3. The number of alkyl halides is 12. The van der Waals surface area contributed by atoms with E-state index in [9.17, 15) is 67.1 Å². The molecule has 4 aromatic heterocycles. The Kier molecular flexibility index (Phi) is 37.9. The van der Waals surface area contributed by atoms with E-state index in [-0.39, 0.29) is 39.3 Å². The topological polar surface area (TPSA) is 156 Å². The standard InChI is InChI=1S/C30H34F3N3O2.C30H36F3N3O2.C29H34F3N3S2.C28H32F3N3O2/c1-19-11-23(13-26(12-19)30(31,32)33)17-36(29(37)38-3)18-25-14-24-6-4-5-20(2)27(24)34-28(25)35(15-21-7-8-21)16-22-9-10-22;1-5-35(17-22-8-6-7-9-22)28-25(16-24-13-20(2)10-11-27(24)34-28)19-36(29(37)38-4)18-23-12-21(3)14-26(15-23)30(31,32)33;1-4-34(17-21-9-5-6-10-21)27-24(16-23-11-7-8-12-26(23)33-27)19-35(28(36)37-3)18-22-13-20(2)14-25(15-22)29(30,31)32;1-4-33(16-20-8-7-9-20)26-23(15-22-10-5-6-11-25(22)32-26)18-34(27(35)36-3)17-21-12-19(2)13-24(14-21)28(29,30)31/h4-6,11-14,21-22H,7-10,15-18H2,1-3H3;10-16,22H,5-9,17-19H2,1-4H3;7-8,11-16,21H,4-6,9-10,17-19H2,1-3H3;5-6,10-15,20H,4,7-9,16-18H2,1-3H3. The Labute approximate surface area is 876 Å². The summed E-state index contributed by atoms with van der Waals surface area (Å²) in [5.41, 5.74) is 10.4. The van der Waals surface area contributed by atoms with E-state index in [0.717, 1.165) is 189 Å². The Hall–Kier alpha value is -12.2. The molecule has 18 nitrogen and oxygen atoms in total. The summed E-state index contributed by atoms with van der Waals surface area (Å²) in [6.45, 7) is 25.2. The molecule has 149 heavy (non-hydrogen) atoms. The SMILES string of the molecule is CCN(CC1CCC1)c1nc2ccccc2cc1CN(Cc1cc(C)cc(C(F)(F)F)c1)C(=O)OC.CCN(CC1CCCC1)c1nc2ccc(C)cc2cc1CN(Cc1cc(C)cc(C(F)(F)F)c1)C(=O)OC.CCN(CC1CCCC1)c1nc2ccccc2cc1CN(Cc1cc(C)cc(C(F)(F)F)c1)C(=S)SC.COC(=O)N(Cc1cc(C)cc(C(F)(F)F)c1)Cc1cc2cccc(C)c2nc1N(CC1CC1)CC1CC1. The van der Waals surface area contributed by atoms with Crippen LogP contribution >= 0.6 is 24.0 Å². The van der Waals surface area contributed by atoms with Crippen molar-refractivity contribution in [3.8, 4) is 0 Å². The maximum Gasteiger partial charge on any atom is 0.416 e. The number of halogens is 12. The fourth-order valence-electron chi connectivity index (χ4n) is 20.6. The van der Waals surface area contributed by atoms with E-state index in [1.54, 1.807) is 45.9 Å². The average molecular weight is 2100 g/mol. The molecule has 796 valence electrons. The largest absolute Gasteiger partial charge is 0.453 e. The molecule has 0 N–H and O–H groups in total. The smallest absolute Gasteiger partial charge is 0.416 e. The first-order chi connectivity index (χ1) is 71.0. The lowest BCUT2D eigenvalue weighted by Crippen LogP contribution is -2.35. The molecule has 5 fully saturated rings. The second-order valence-electron chi connectivity index (χ2n) is 40.7. The first kappa shape index (κ1) is 112. The van der Waals surface area contributed by atoms with Gasteiger partial charge in [-0.2, -0.15) is 52.7 Å². The molecule has 0 unspecified atom stereocenters. The molecule has 0 aliphatic heterocycles. The van der Waals surface area contributed by atoms with Gasteiger partial charge in [0.15, 0.2) is 0 Å². The van der Waals surface area contributed by atoms with Gasteiger partial charge in [-0.1, -0.05) is 157 Å². The van der Waals surface area contributed by atoms with Crippen molar-refractivity contribution in [2.75, 3.05) is 99.5 Å². The number of hydrogen-bond donors (Lipinski definition) is 0. The number of fused-ring (bicyclic) bond motifs is 4. The number of rotatable bonds is 33. The van der Waals surface area contributed by atoms with Crippen molar-refractivity contribution in [2.45, 2.75) is 236 Å². The van der Waals surface area contributed by atoms with Gasteiger partial charge in [0, 0.05) is 129 Å². The number of aromatic nitrogens is 4. The molecule has 5 aliphatic rings. The maximum atomic E-state index is 13.5. The molecule has 8 aromatic carbocycles. The molecule has 12 aromatic rings. The van der Waals surface area contributed by atoms with E-state index in [4.69, 9.17) is 46.4 Å². The van der Waals surface area contributed by atoms with Gasteiger partial charge in [0.1, 0.15) is 27.6 Å². The number of benzene rings is 8. The van der Waals surface area contributed by atoms with Crippen molar-refractivity contribution in [3.05, 3.63) is 282 Å². The van der Waals surface area contributed by atoms with Gasteiger partial charge in [0.2, 0.25) is 0 Å². The van der Waals surface area contributed by atoms with E-state index in [1.165, 1.54) is 156 Å². The minimum Gasteiger partial charge on any atom is -0.453 e. The monoisotopic (exact) mass is 2100 g/mol. The molecule has 17 rings (SSSR count). The van der Waals surface area contributed by atoms with Crippen molar-refractivity contribution >= 4 is 113 Å². The van der Waals surface area contributed by atoms with E-state index in [2.05, 4.69) is 70.7 Å². The number of carbonyl (C=O) groups excluding carboxylic acids is 3. The molecular weight excluding hydrogens is 1960 g/mol. The highest BCUT2D eigenvalue weighted by Crippen LogP contribution is 2.43. The molecule has 4 heterocycles. The number of para-hydroxylation sites is 3. The minimum absolute atomic E-state index is 0.00597. The van der Waals surface area contributed by atoms with Crippen molar-refractivity contribution in [1.29, 1.82) is 0 Å². The fraction of sp³-hybridized carbons (Fsp3) is 0.453. The van der Waals surface area contributed by atoms with Crippen LogP contribution in [-0.2, 0) is 91.3 Å². The molecule has 5 aliphatic carbocycles. The van der Waals surface area contributed by atoms with Gasteiger partial charge in [-0.05, 0) is 287 Å². The predicted octanol–water partition coefficient (Wildman–Crippen LogP) is 30.1. The average Bonchev–Trinajstić information content (AvgIpc) is 1.75. The van der Waals surface area contributed by atoms with Crippen LogP contribution in [-0.4, -0.2) is 142 Å². The molecule has 3 amide bonds. The van der Waals surface area contributed by atoms with E-state index >= 15 is 0 Å². The Bertz CT molecular complexity index is 6650. The van der Waals surface area contributed by atoms with E-state index < -0.39 is 65.2 Å². The van der Waals surface area contributed by atoms with Gasteiger partial charge in [0.05, 0.1) is 85.3 Å². The van der Waals surface area contributed by atoms with Crippen LogP contribution < -0.4 is 19.6 Å². The van der Waals surface area contributed by atoms with Crippen LogP contribution in [0.25, 0.3) is 43.6 Å². The summed E-state index contributed by atoms with van der Waals surface area (Å²) in [7, 11) is 3.86.